The number of fused-ring (bicyclic) bond motifs is 1. The molecular formula is C17H22O6. The molecule has 3 rings (SSSR count). The van der Waals surface area contributed by atoms with Crippen LogP contribution < -0.4 is 0 Å². The molecule has 6 nitrogen and oxygen atoms in total. The first-order valence-corrected chi connectivity index (χ1v) is 7.65. The van der Waals surface area contributed by atoms with Crippen LogP contribution in [0, 0.1) is 0 Å². The summed E-state index contributed by atoms with van der Waals surface area (Å²) >= 11 is 0. The smallest absolute Gasteiger partial charge is 0.187 e. The van der Waals surface area contributed by atoms with Crippen molar-refractivity contribution in [2.45, 2.75) is 37.0 Å². The molecule has 2 aliphatic heterocycles. The monoisotopic (exact) mass is 322 g/mol. The summed E-state index contributed by atoms with van der Waals surface area (Å²) in [4.78, 5) is 0. The summed E-state index contributed by atoms with van der Waals surface area (Å²) < 4.78 is 28.4. The number of benzene rings is 1. The van der Waals surface area contributed by atoms with E-state index in [0.29, 0.717) is 6.61 Å². The van der Waals surface area contributed by atoms with Crippen LogP contribution in [0.4, 0.5) is 0 Å². The second-order valence-electron chi connectivity index (χ2n) is 5.53. The van der Waals surface area contributed by atoms with Gasteiger partial charge in [-0.25, -0.2) is 0 Å². The Bertz CT molecular complexity index is 507. The van der Waals surface area contributed by atoms with Crippen LogP contribution in [0.3, 0.4) is 0 Å². The molecule has 1 aromatic carbocycles. The zero-order chi connectivity index (χ0) is 16.2. The van der Waals surface area contributed by atoms with Crippen molar-refractivity contribution in [1.82, 2.24) is 0 Å². The summed E-state index contributed by atoms with van der Waals surface area (Å²) in [5, 5.41) is 10.4. The lowest BCUT2D eigenvalue weighted by molar-refractivity contribution is -0.362. The third-order valence-corrected chi connectivity index (χ3v) is 4.03. The van der Waals surface area contributed by atoms with E-state index in [-0.39, 0.29) is 12.7 Å². The van der Waals surface area contributed by atoms with E-state index >= 15 is 0 Å². The minimum atomic E-state index is -0.948. The van der Waals surface area contributed by atoms with E-state index in [1.54, 1.807) is 6.08 Å². The van der Waals surface area contributed by atoms with Crippen molar-refractivity contribution in [3.8, 4) is 0 Å². The van der Waals surface area contributed by atoms with Gasteiger partial charge in [0.05, 0.1) is 13.2 Å². The zero-order valence-corrected chi connectivity index (χ0v) is 13.0. The average molecular weight is 322 g/mol. The van der Waals surface area contributed by atoms with Gasteiger partial charge in [-0.1, -0.05) is 36.4 Å². The van der Waals surface area contributed by atoms with Crippen molar-refractivity contribution in [1.29, 1.82) is 0 Å². The topological polar surface area (TPSA) is 66.4 Å². The molecule has 6 heteroatoms. The second-order valence-corrected chi connectivity index (χ2v) is 5.53. The zero-order valence-electron chi connectivity index (χ0n) is 13.0. The second kappa shape index (κ2) is 7.53. The highest BCUT2D eigenvalue weighted by atomic mass is 16.8. The summed E-state index contributed by atoms with van der Waals surface area (Å²) in [6.07, 6.45) is -2.00. The standard InChI is InChI=1S/C17H22O6/c1-3-9-20-17-13(18)15(19-2)14-12(22-17)10-21-16(23-14)11-7-5-4-6-8-11/h3-8,12-18H,1,9-10H2,2H3/t12-,13-,14-,15-,16?,17?/m1/s1. The van der Waals surface area contributed by atoms with Crippen LogP contribution in [-0.4, -0.2) is 56.1 Å². The first-order valence-electron chi connectivity index (χ1n) is 7.65. The first-order chi connectivity index (χ1) is 11.2. The molecule has 2 saturated heterocycles. The molecule has 126 valence electrons. The van der Waals surface area contributed by atoms with Crippen molar-refractivity contribution in [3.05, 3.63) is 48.6 Å². The van der Waals surface area contributed by atoms with Crippen LogP contribution in [0.5, 0.6) is 0 Å². The molecule has 2 fully saturated rings. The maximum Gasteiger partial charge on any atom is 0.187 e. The van der Waals surface area contributed by atoms with Crippen molar-refractivity contribution in [3.63, 3.8) is 0 Å². The van der Waals surface area contributed by atoms with Gasteiger partial charge in [0, 0.05) is 12.7 Å². The number of hydrogen-bond donors (Lipinski definition) is 1. The maximum atomic E-state index is 10.4. The van der Waals surface area contributed by atoms with Gasteiger partial charge in [0.2, 0.25) is 0 Å². The third kappa shape index (κ3) is 3.47. The Kier molecular flexibility index (Phi) is 5.42. The first kappa shape index (κ1) is 16.6. The van der Waals surface area contributed by atoms with Gasteiger partial charge in [0.1, 0.15) is 24.4 Å². The normalized spacial score (nSPS) is 37.1. The summed E-state index contributed by atoms with van der Waals surface area (Å²) in [6, 6.07) is 9.65. The number of aliphatic hydroxyl groups is 1. The Morgan fingerprint density at radius 3 is 2.78 bits per heavy atom. The van der Waals surface area contributed by atoms with Gasteiger partial charge in [0.15, 0.2) is 12.6 Å². The lowest BCUT2D eigenvalue weighted by Crippen LogP contribution is -2.62. The highest BCUT2D eigenvalue weighted by molar-refractivity contribution is 5.16. The van der Waals surface area contributed by atoms with E-state index in [2.05, 4.69) is 6.58 Å². The predicted molar refractivity (Wildman–Crippen MR) is 81.6 cm³/mol. The number of rotatable bonds is 5. The minimum absolute atomic E-state index is 0.282. The van der Waals surface area contributed by atoms with Crippen molar-refractivity contribution < 1.29 is 28.8 Å². The van der Waals surface area contributed by atoms with Crippen LogP contribution >= 0.6 is 0 Å². The van der Waals surface area contributed by atoms with E-state index in [9.17, 15) is 5.11 Å². The fourth-order valence-electron chi connectivity index (χ4n) is 2.91. The van der Waals surface area contributed by atoms with Gasteiger partial charge in [-0.15, -0.1) is 6.58 Å². The van der Waals surface area contributed by atoms with Crippen LogP contribution in [0.15, 0.2) is 43.0 Å². The van der Waals surface area contributed by atoms with Crippen LogP contribution in [0.25, 0.3) is 0 Å². The summed E-state index contributed by atoms with van der Waals surface area (Å²) in [7, 11) is 1.54. The molecule has 0 saturated carbocycles. The van der Waals surface area contributed by atoms with E-state index in [4.69, 9.17) is 23.7 Å². The molecule has 2 unspecified atom stereocenters. The molecule has 6 atom stereocenters. The Hall–Kier alpha value is -1.28. The highest BCUT2D eigenvalue weighted by Crippen LogP contribution is 2.35. The van der Waals surface area contributed by atoms with Gasteiger partial charge in [-0.3, -0.25) is 0 Å². The van der Waals surface area contributed by atoms with Crippen LogP contribution in [0.1, 0.15) is 11.9 Å². The molecule has 0 spiro atoms. The average Bonchev–Trinajstić information content (AvgIpc) is 2.60. The summed E-state index contributed by atoms with van der Waals surface area (Å²) in [6.45, 7) is 4.21. The molecule has 2 aliphatic rings. The van der Waals surface area contributed by atoms with E-state index in [1.807, 2.05) is 30.3 Å². The molecule has 0 amide bonds. The molecule has 0 aliphatic carbocycles. The quantitative estimate of drug-likeness (QED) is 0.827. The highest BCUT2D eigenvalue weighted by Gasteiger charge is 2.50. The van der Waals surface area contributed by atoms with Crippen molar-refractivity contribution in [2.24, 2.45) is 0 Å². The third-order valence-electron chi connectivity index (χ3n) is 4.03. The molecular weight excluding hydrogens is 300 g/mol. The van der Waals surface area contributed by atoms with Crippen LogP contribution in [0.2, 0.25) is 0 Å². The number of ether oxygens (including phenoxy) is 5. The largest absolute Gasteiger partial charge is 0.385 e. The maximum absolute atomic E-state index is 10.4. The molecule has 1 N–H and O–H groups in total. The predicted octanol–water partition coefficient (Wildman–Crippen LogP) is 1.40. The van der Waals surface area contributed by atoms with Gasteiger partial charge >= 0.3 is 0 Å². The molecule has 0 bridgehead atoms. The Morgan fingerprint density at radius 1 is 1.30 bits per heavy atom. The van der Waals surface area contributed by atoms with Gasteiger partial charge < -0.3 is 28.8 Å². The van der Waals surface area contributed by atoms with Gasteiger partial charge in [-0.05, 0) is 0 Å². The molecule has 0 radical (unpaired) electrons. The number of methoxy groups -OCH3 is 1. The van der Waals surface area contributed by atoms with E-state index in [0.717, 1.165) is 5.56 Å². The van der Waals surface area contributed by atoms with E-state index < -0.39 is 30.9 Å². The van der Waals surface area contributed by atoms with Crippen molar-refractivity contribution in [2.75, 3.05) is 20.3 Å². The van der Waals surface area contributed by atoms with Gasteiger partial charge in [0.25, 0.3) is 0 Å². The Labute approximate surface area is 135 Å². The summed E-state index contributed by atoms with van der Waals surface area (Å²) in [5.74, 6) is 0. The number of hydrogen-bond acceptors (Lipinski definition) is 6. The Balaban J connectivity index is 1.73. The fourth-order valence-corrected chi connectivity index (χ4v) is 2.91. The lowest BCUT2D eigenvalue weighted by Gasteiger charge is -2.47. The molecule has 2 heterocycles. The minimum Gasteiger partial charge on any atom is -0.385 e. The fraction of sp³-hybridized carbons (Fsp3) is 0.529. The van der Waals surface area contributed by atoms with Crippen molar-refractivity contribution >= 4 is 0 Å². The molecule has 23 heavy (non-hydrogen) atoms. The van der Waals surface area contributed by atoms with Gasteiger partial charge in [-0.2, -0.15) is 0 Å². The SMILES string of the molecule is C=CCOC1O[C@@H]2COC(c3ccccc3)O[C@H]2[C@H](OC)[C@H]1O. The Morgan fingerprint density at radius 2 is 2.09 bits per heavy atom. The summed E-state index contributed by atoms with van der Waals surface area (Å²) in [5.41, 5.74) is 0.917. The molecule has 1 aromatic rings. The molecule has 0 aromatic heterocycles. The van der Waals surface area contributed by atoms with Crippen LogP contribution in [-0.2, 0) is 23.7 Å². The lowest BCUT2D eigenvalue weighted by atomic mass is 9.97. The number of aliphatic hydroxyl groups excluding tert-OH is 1. The van der Waals surface area contributed by atoms with E-state index in [1.165, 1.54) is 7.11 Å².